The second kappa shape index (κ2) is 5.58. The smallest absolute Gasteiger partial charge is 0.322 e. The Labute approximate surface area is 125 Å². The molecule has 1 N–H and O–H groups in total. The highest BCUT2D eigenvalue weighted by atomic mass is 35.5. The van der Waals surface area contributed by atoms with Crippen LogP contribution in [-0.2, 0) is 14.8 Å². The van der Waals surface area contributed by atoms with Crippen molar-refractivity contribution in [1.29, 1.82) is 0 Å². The van der Waals surface area contributed by atoms with E-state index in [4.69, 9.17) is 16.7 Å². The van der Waals surface area contributed by atoms with E-state index in [0.717, 1.165) is 16.4 Å². The molecule has 1 aliphatic heterocycles. The maximum Gasteiger partial charge on any atom is 0.322 e. The molecule has 1 heterocycles. The molecule has 1 aromatic carbocycles. The first-order valence-corrected chi connectivity index (χ1v) is 7.75. The zero-order chi connectivity index (χ0) is 15.8. The molecule has 1 aliphatic rings. The van der Waals surface area contributed by atoms with E-state index < -0.39 is 37.5 Å². The number of carboxylic acid groups (broad SMARTS) is 1. The maximum atomic E-state index is 12.5. The zero-order valence-electron chi connectivity index (χ0n) is 10.6. The summed E-state index contributed by atoms with van der Waals surface area (Å²) in [5.41, 5.74) is -0.668. The summed E-state index contributed by atoms with van der Waals surface area (Å²) in [4.78, 5) is 20.7. The quantitative estimate of drug-likeness (QED) is 0.658. The lowest BCUT2D eigenvalue weighted by Gasteiger charge is -2.20. The maximum absolute atomic E-state index is 12.5. The topological polar surface area (TPSA) is 118 Å². The van der Waals surface area contributed by atoms with Crippen LogP contribution in [-0.4, -0.2) is 41.3 Å². The molecule has 8 nitrogen and oxygen atoms in total. The number of benzene rings is 1. The van der Waals surface area contributed by atoms with Gasteiger partial charge in [-0.1, -0.05) is 11.6 Å². The summed E-state index contributed by atoms with van der Waals surface area (Å²) in [6.07, 6.45) is 0.563. The molecule has 0 aliphatic carbocycles. The Balaban J connectivity index is 2.54. The summed E-state index contributed by atoms with van der Waals surface area (Å²) >= 11 is 5.64. The molecule has 1 atom stereocenters. The van der Waals surface area contributed by atoms with E-state index in [9.17, 15) is 23.3 Å². The van der Waals surface area contributed by atoms with Crippen LogP contribution in [0.25, 0.3) is 0 Å². The molecule has 0 bridgehead atoms. The molecule has 0 radical (unpaired) electrons. The van der Waals surface area contributed by atoms with E-state index >= 15 is 0 Å². The number of carboxylic acids is 1. The number of hydrogen-bond acceptors (Lipinski definition) is 5. The Morgan fingerprint density at radius 1 is 1.48 bits per heavy atom. The molecule has 1 fully saturated rings. The van der Waals surface area contributed by atoms with Crippen LogP contribution in [0.3, 0.4) is 0 Å². The summed E-state index contributed by atoms with van der Waals surface area (Å²) in [6, 6.07) is 1.96. The first kappa shape index (κ1) is 15.7. The second-order valence-corrected chi connectivity index (χ2v) is 6.78. The van der Waals surface area contributed by atoms with Gasteiger partial charge in [0.1, 0.15) is 6.04 Å². The minimum absolute atomic E-state index is 0.0130. The predicted octanol–water partition coefficient (Wildman–Crippen LogP) is 1.49. The number of sulfonamides is 1. The number of nitro benzene ring substituents is 1. The van der Waals surface area contributed by atoms with E-state index in [1.807, 2.05) is 0 Å². The molecule has 0 amide bonds. The van der Waals surface area contributed by atoms with Gasteiger partial charge in [-0.3, -0.25) is 14.9 Å². The van der Waals surface area contributed by atoms with Crippen LogP contribution in [0.4, 0.5) is 5.69 Å². The van der Waals surface area contributed by atoms with E-state index in [1.165, 1.54) is 6.07 Å². The van der Waals surface area contributed by atoms with Crippen molar-refractivity contribution in [1.82, 2.24) is 4.31 Å². The van der Waals surface area contributed by atoms with Crippen molar-refractivity contribution in [3.05, 3.63) is 33.3 Å². The van der Waals surface area contributed by atoms with Gasteiger partial charge in [-0.25, -0.2) is 8.42 Å². The predicted molar refractivity (Wildman–Crippen MR) is 72.7 cm³/mol. The summed E-state index contributed by atoms with van der Waals surface area (Å²) in [6.45, 7) is 0.0130. The van der Waals surface area contributed by atoms with E-state index in [-0.39, 0.29) is 18.0 Å². The van der Waals surface area contributed by atoms with Gasteiger partial charge in [0, 0.05) is 17.6 Å². The Morgan fingerprint density at radius 3 is 2.71 bits per heavy atom. The number of nitrogens with zero attached hydrogens (tertiary/aromatic N) is 2. The van der Waals surface area contributed by atoms with Crippen LogP contribution in [0.2, 0.25) is 5.02 Å². The van der Waals surface area contributed by atoms with Gasteiger partial charge in [-0.2, -0.15) is 4.31 Å². The SMILES string of the molecule is O=C(O)[C@H]1CCCN1S(=O)(=O)c1ccc(Cl)cc1[N+](=O)[O-]. The van der Waals surface area contributed by atoms with Gasteiger partial charge in [0.05, 0.1) is 4.92 Å². The Bertz CT molecular complexity index is 705. The molecule has 0 spiro atoms. The number of carbonyl (C=O) groups is 1. The first-order valence-electron chi connectivity index (χ1n) is 5.93. The van der Waals surface area contributed by atoms with E-state index in [1.54, 1.807) is 0 Å². The molecule has 10 heteroatoms. The highest BCUT2D eigenvalue weighted by Gasteiger charge is 2.42. The molecule has 0 aromatic heterocycles. The first-order chi connectivity index (χ1) is 9.75. The molecule has 2 rings (SSSR count). The Hall–Kier alpha value is -1.71. The van der Waals surface area contributed by atoms with E-state index in [2.05, 4.69) is 0 Å². The van der Waals surface area contributed by atoms with Gasteiger partial charge in [0.25, 0.3) is 15.7 Å². The largest absolute Gasteiger partial charge is 0.480 e. The summed E-state index contributed by atoms with van der Waals surface area (Å²) in [5.74, 6) is -1.27. The lowest BCUT2D eigenvalue weighted by Crippen LogP contribution is -2.40. The Kier molecular flexibility index (Phi) is 4.17. The van der Waals surface area contributed by atoms with Crippen LogP contribution in [0.15, 0.2) is 23.1 Å². The number of rotatable bonds is 4. The van der Waals surface area contributed by atoms with Crippen LogP contribution in [0, 0.1) is 10.1 Å². The normalized spacial score (nSPS) is 19.6. The molecule has 21 heavy (non-hydrogen) atoms. The third-order valence-corrected chi connectivity index (χ3v) is 5.38. The lowest BCUT2D eigenvalue weighted by molar-refractivity contribution is -0.387. The van der Waals surface area contributed by atoms with Crippen molar-refractivity contribution in [2.45, 2.75) is 23.8 Å². The summed E-state index contributed by atoms with van der Waals surface area (Å²) < 4.78 is 25.8. The highest BCUT2D eigenvalue weighted by molar-refractivity contribution is 7.89. The minimum atomic E-state index is -4.27. The van der Waals surface area contributed by atoms with Crippen molar-refractivity contribution in [3.8, 4) is 0 Å². The molecular weight excluding hydrogens is 324 g/mol. The van der Waals surface area contributed by atoms with Gasteiger partial charge < -0.3 is 5.11 Å². The molecule has 114 valence electrons. The average Bonchev–Trinajstić information content (AvgIpc) is 2.88. The van der Waals surface area contributed by atoms with Crippen LogP contribution >= 0.6 is 11.6 Å². The third-order valence-electron chi connectivity index (χ3n) is 3.19. The fourth-order valence-electron chi connectivity index (χ4n) is 2.25. The lowest BCUT2D eigenvalue weighted by atomic mass is 10.2. The van der Waals surface area contributed by atoms with Gasteiger partial charge in [0.15, 0.2) is 4.90 Å². The van der Waals surface area contributed by atoms with Crippen LogP contribution < -0.4 is 0 Å². The number of aliphatic carboxylic acids is 1. The van der Waals surface area contributed by atoms with Crippen molar-refractivity contribution in [2.75, 3.05) is 6.54 Å². The van der Waals surface area contributed by atoms with E-state index in [0.29, 0.717) is 6.42 Å². The minimum Gasteiger partial charge on any atom is -0.480 e. The monoisotopic (exact) mass is 334 g/mol. The van der Waals surface area contributed by atoms with Crippen molar-refractivity contribution >= 4 is 33.3 Å². The van der Waals surface area contributed by atoms with Crippen molar-refractivity contribution in [2.24, 2.45) is 0 Å². The van der Waals surface area contributed by atoms with Crippen molar-refractivity contribution < 1.29 is 23.2 Å². The average molecular weight is 335 g/mol. The molecular formula is C11H11ClN2O6S. The molecule has 1 aromatic rings. The fraction of sp³-hybridized carbons (Fsp3) is 0.364. The van der Waals surface area contributed by atoms with Gasteiger partial charge in [-0.15, -0.1) is 0 Å². The highest BCUT2D eigenvalue weighted by Crippen LogP contribution is 2.33. The Morgan fingerprint density at radius 2 is 2.14 bits per heavy atom. The van der Waals surface area contributed by atoms with Crippen LogP contribution in [0.1, 0.15) is 12.8 Å². The van der Waals surface area contributed by atoms with Crippen molar-refractivity contribution in [3.63, 3.8) is 0 Å². The zero-order valence-corrected chi connectivity index (χ0v) is 12.2. The number of nitro groups is 1. The van der Waals surface area contributed by atoms with Gasteiger partial charge >= 0.3 is 5.97 Å². The number of halogens is 1. The molecule has 0 unspecified atom stereocenters. The molecule has 0 saturated carbocycles. The van der Waals surface area contributed by atoms with Gasteiger partial charge in [0.2, 0.25) is 0 Å². The third kappa shape index (κ3) is 2.85. The fourth-order valence-corrected chi connectivity index (χ4v) is 4.21. The summed E-state index contributed by atoms with van der Waals surface area (Å²) in [7, 11) is -4.27. The molecule has 1 saturated heterocycles. The van der Waals surface area contributed by atoms with Crippen LogP contribution in [0.5, 0.6) is 0 Å². The van der Waals surface area contributed by atoms with Gasteiger partial charge in [-0.05, 0) is 25.0 Å². The second-order valence-electron chi connectivity index (χ2n) is 4.48. The standard InChI is InChI=1S/C11H11ClN2O6S/c12-7-3-4-10(9(6-7)14(17)18)21(19,20)13-5-1-2-8(13)11(15)16/h3-4,6,8H,1-2,5H2,(H,15,16)/t8-/m1/s1. The number of hydrogen-bond donors (Lipinski definition) is 1. The summed E-state index contributed by atoms with van der Waals surface area (Å²) in [5, 5.41) is 20.1.